The molecule has 0 bridgehead atoms. The summed E-state index contributed by atoms with van der Waals surface area (Å²) in [6.45, 7) is 1.13. The van der Waals surface area contributed by atoms with E-state index in [1.807, 2.05) is 24.3 Å². The molecule has 17 heavy (non-hydrogen) atoms. The maximum atomic E-state index is 5.60. The third-order valence-corrected chi connectivity index (χ3v) is 2.49. The number of hydrogen-bond donors (Lipinski definition) is 1. The molecule has 5 nitrogen and oxygen atoms in total. The highest BCUT2D eigenvalue weighted by Crippen LogP contribution is 2.19. The molecule has 0 amide bonds. The van der Waals surface area contributed by atoms with Crippen LogP contribution >= 0.6 is 0 Å². The van der Waals surface area contributed by atoms with Crippen LogP contribution in [0.25, 0.3) is 0 Å². The van der Waals surface area contributed by atoms with Crippen molar-refractivity contribution in [2.75, 3.05) is 20.3 Å². The fourth-order valence-electron chi connectivity index (χ4n) is 1.59. The quantitative estimate of drug-likeness (QED) is 0.833. The molecule has 1 aromatic carbocycles. The lowest BCUT2D eigenvalue weighted by Gasteiger charge is -2.08. The summed E-state index contributed by atoms with van der Waals surface area (Å²) in [5.41, 5.74) is 5.42. The Balaban J connectivity index is 1.78. The monoisotopic (exact) mass is 236 g/mol. The molecule has 92 valence electrons. The van der Waals surface area contributed by atoms with E-state index in [-0.39, 0.29) is 12.1 Å². The first-order valence-corrected chi connectivity index (χ1v) is 5.51. The fourth-order valence-corrected chi connectivity index (χ4v) is 1.59. The van der Waals surface area contributed by atoms with Gasteiger partial charge in [-0.3, -0.25) is 0 Å². The van der Waals surface area contributed by atoms with Gasteiger partial charge in [0.15, 0.2) is 0 Å². The van der Waals surface area contributed by atoms with Gasteiger partial charge in [-0.25, -0.2) is 4.99 Å². The zero-order chi connectivity index (χ0) is 12.1. The van der Waals surface area contributed by atoms with Crippen LogP contribution in [0.15, 0.2) is 29.3 Å². The van der Waals surface area contributed by atoms with Gasteiger partial charge in [-0.2, -0.15) is 0 Å². The molecule has 1 heterocycles. The van der Waals surface area contributed by atoms with E-state index in [1.54, 1.807) is 7.11 Å². The SMILES string of the molecule is COc1cccc(OCC[C@H]2COC(N)=N2)c1. The van der Waals surface area contributed by atoms with Crippen LogP contribution in [0, 0.1) is 0 Å². The molecule has 0 saturated carbocycles. The molecule has 1 aliphatic heterocycles. The molecule has 5 heteroatoms. The zero-order valence-electron chi connectivity index (χ0n) is 9.76. The van der Waals surface area contributed by atoms with Crippen LogP contribution in [-0.4, -0.2) is 32.4 Å². The average Bonchev–Trinajstić information content (AvgIpc) is 2.75. The molecule has 0 aliphatic carbocycles. The van der Waals surface area contributed by atoms with Crippen molar-refractivity contribution >= 4 is 6.02 Å². The van der Waals surface area contributed by atoms with Crippen LogP contribution in [0.5, 0.6) is 11.5 Å². The van der Waals surface area contributed by atoms with E-state index in [0.29, 0.717) is 13.2 Å². The average molecular weight is 236 g/mol. The van der Waals surface area contributed by atoms with Gasteiger partial charge in [0.2, 0.25) is 0 Å². The summed E-state index contributed by atoms with van der Waals surface area (Å²) >= 11 is 0. The summed E-state index contributed by atoms with van der Waals surface area (Å²) in [7, 11) is 1.63. The van der Waals surface area contributed by atoms with E-state index in [2.05, 4.69) is 4.99 Å². The molecule has 1 aromatic rings. The minimum atomic E-state index is 0.112. The van der Waals surface area contributed by atoms with Crippen molar-refractivity contribution in [3.8, 4) is 11.5 Å². The van der Waals surface area contributed by atoms with Gasteiger partial charge in [-0.05, 0) is 12.1 Å². The number of nitrogens with zero attached hydrogens (tertiary/aromatic N) is 1. The Bertz CT molecular complexity index is 406. The largest absolute Gasteiger partial charge is 0.497 e. The predicted molar refractivity (Wildman–Crippen MR) is 64.5 cm³/mol. The molecule has 0 aromatic heterocycles. The molecule has 0 fully saturated rings. The van der Waals surface area contributed by atoms with Gasteiger partial charge < -0.3 is 19.9 Å². The molecule has 2 rings (SSSR count). The van der Waals surface area contributed by atoms with E-state index in [9.17, 15) is 0 Å². The molecule has 0 unspecified atom stereocenters. The Morgan fingerprint density at radius 2 is 2.29 bits per heavy atom. The predicted octanol–water partition coefficient (Wildman–Crippen LogP) is 1.18. The van der Waals surface area contributed by atoms with Gasteiger partial charge in [0.25, 0.3) is 6.02 Å². The van der Waals surface area contributed by atoms with Crippen LogP contribution in [-0.2, 0) is 4.74 Å². The highest BCUT2D eigenvalue weighted by molar-refractivity contribution is 5.72. The Morgan fingerprint density at radius 3 is 3.00 bits per heavy atom. The molecular formula is C12H16N2O3. The number of amidine groups is 1. The first-order chi connectivity index (χ1) is 8.28. The van der Waals surface area contributed by atoms with Gasteiger partial charge in [-0.1, -0.05) is 6.07 Å². The summed E-state index contributed by atoms with van der Waals surface area (Å²) in [4.78, 5) is 4.12. The van der Waals surface area contributed by atoms with Crippen molar-refractivity contribution in [3.63, 3.8) is 0 Å². The third kappa shape index (κ3) is 3.27. The van der Waals surface area contributed by atoms with Crippen molar-refractivity contribution < 1.29 is 14.2 Å². The second-order valence-corrected chi connectivity index (χ2v) is 3.75. The molecule has 2 N–H and O–H groups in total. The minimum Gasteiger partial charge on any atom is -0.497 e. The Kier molecular flexibility index (Phi) is 3.69. The van der Waals surface area contributed by atoms with Crippen LogP contribution in [0.3, 0.4) is 0 Å². The molecule has 0 spiro atoms. The fraction of sp³-hybridized carbons (Fsp3) is 0.417. The van der Waals surface area contributed by atoms with Gasteiger partial charge in [-0.15, -0.1) is 0 Å². The van der Waals surface area contributed by atoms with Crippen LogP contribution in [0.2, 0.25) is 0 Å². The third-order valence-electron chi connectivity index (χ3n) is 2.49. The van der Waals surface area contributed by atoms with Crippen molar-refractivity contribution in [2.24, 2.45) is 10.7 Å². The highest BCUT2D eigenvalue weighted by atomic mass is 16.5. The summed E-state index contributed by atoms with van der Waals surface area (Å²) in [5, 5.41) is 0. The van der Waals surface area contributed by atoms with Crippen LogP contribution in [0.4, 0.5) is 0 Å². The van der Waals surface area contributed by atoms with Crippen molar-refractivity contribution in [2.45, 2.75) is 12.5 Å². The lowest BCUT2D eigenvalue weighted by Crippen LogP contribution is -2.12. The van der Waals surface area contributed by atoms with E-state index < -0.39 is 0 Å². The number of benzene rings is 1. The number of ether oxygens (including phenoxy) is 3. The summed E-state index contributed by atoms with van der Waals surface area (Å²) in [6, 6.07) is 7.90. The zero-order valence-corrected chi connectivity index (χ0v) is 9.76. The van der Waals surface area contributed by atoms with Gasteiger partial charge in [0, 0.05) is 12.5 Å². The van der Waals surface area contributed by atoms with Crippen LogP contribution in [0.1, 0.15) is 6.42 Å². The van der Waals surface area contributed by atoms with Crippen molar-refractivity contribution in [1.82, 2.24) is 0 Å². The Labute approximate surface area is 100 Å². The summed E-state index contributed by atoms with van der Waals surface area (Å²) in [5.74, 6) is 1.58. The number of rotatable bonds is 5. The molecular weight excluding hydrogens is 220 g/mol. The standard InChI is InChI=1S/C12H16N2O3/c1-15-10-3-2-4-11(7-10)16-6-5-9-8-17-12(13)14-9/h2-4,7,9H,5-6,8H2,1H3,(H2,13,14)/t9-/m0/s1. The maximum Gasteiger partial charge on any atom is 0.282 e. The topological polar surface area (TPSA) is 66.1 Å². The van der Waals surface area contributed by atoms with Crippen molar-refractivity contribution in [3.05, 3.63) is 24.3 Å². The Hall–Kier alpha value is -1.91. The number of nitrogens with two attached hydrogens (primary N) is 1. The smallest absolute Gasteiger partial charge is 0.282 e. The lowest BCUT2D eigenvalue weighted by molar-refractivity contribution is 0.263. The van der Waals surface area contributed by atoms with Gasteiger partial charge in [0.1, 0.15) is 18.1 Å². The molecule has 1 atom stereocenters. The van der Waals surface area contributed by atoms with Crippen LogP contribution < -0.4 is 15.2 Å². The normalized spacial score (nSPS) is 18.4. The van der Waals surface area contributed by atoms with E-state index in [1.165, 1.54) is 0 Å². The lowest BCUT2D eigenvalue weighted by atomic mass is 10.2. The molecule has 0 radical (unpaired) electrons. The van der Waals surface area contributed by atoms with E-state index >= 15 is 0 Å². The van der Waals surface area contributed by atoms with Gasteiger partial charge >= 0.3 is 0 Å². The highest BCUT2D eigenvalue weighted by Gasteiger charge is 2.16. The second kappa shape index (κ2) is 5.43. The minimum absolute atomic E-state index is 0.112. The summed E-state index contributed by atoms with van der Waals surface area (Å²) < 4.78 is 15.8. The molecule has 0 saturated heterocycles. The van der Waals surface area contributed by atoms with E-state index in [4.69, 9.17) is 19.9 Å². The second-order valence-electron chi connectivity index (χ2n) is 3.75. The summed E-state index contributed by atoms with van der Waals surface area (Å²) in [6.07, 6.45) is 0.790. The first kappa shape index (κ1) is 11.6. The maximum absolute atomic E-state index is 5.60. The number of hydrogen-bond acceptors (Lipinski definition) is 5. The number of methoxy groups -OCH3 is 1. The van der Waals surface area contributed by atoms with Crippen molar-refractivity contribution in [1.29, 1.82) is 0 Å². The Morgan fingerprint density at radius 1 is 1.47 bits per heavy atom. The molecule has 1 aliphatic rings. The van der Waals surface area contributed by atoms with E-state index in [0.717, 1.165) is 17.9 Å². The first-order valence-electron chi connectivity index (χ1n) is 5.51. The number of aliphatic imine (C=N–C) groups is 1. The van der Waals surface area contributed by atoms with Gasteiger partial charge in [0.05, 0.1) is 19.8 Å².